The molecule has 0 radical (unpaired) electrons. The highest BCUT2D eigenvalue weighted by Crippen LogP contribution is 2.19. The van der Waals surface area contributed by atoms with Crippen LogP contribution < -0.4 is 0 Å². The van der Waals surface area contributed by atoms with Crippen molar-refractivity contribution in [2.75, 3.05) is 13.2 Å². The third kappa shape index (κ3) is 2.92. The van der Waals surface area contributed by atoms with Gasteiger partial charge in [-0.1, -0.05) is 12.1 Å². The fourth-order valence-electron chi connectivity index (χ4n) is 2.13. The first-order chi connectivity index (χ1) is 7.29. The standard InChI is InChI=1S/C12H16INO/c13-11-5-3-10(4-6-11)8-14-7-1-2-12(14)9-15/h3-6,12,15H,1-2,7-9H2. The first kappa shape index (κ1) is 11.4. The lowest BCUT2D eigenvalue weighted by Crippen LogP contribution is -2.31. The molecular formula is C12H16INO. The molecule has 1 atom stereocenters. The zero-order valence-electron chi connectivity index (χ0n) is 8.69. The summed E-state index contributed by atoms with van der Waals surface area (Å²) in [7, 11) is 0. The minimum Gasteiger partial charge on any atom is -0.395 e. The average Bonchev–Trinajstić information content (AvgIpc) is 2.69. The number of benzene rings is 1. The van der Waals surface area contributed by atoms with Crippen LogP contribution in [0.15, 0.2) is 24.3 Å². The molecule has 3 heteroatoms. The number of hydrogen-bond acceptors (Lipinski definition) is 2. The van der Waals surface area contributed by atoms with Gasteiger partial charge in [0.05, 0.1) is 6.61 Å². The largest absolute Gasteiger partial charge is 0.395 e. The van der Waals surface area contributed by atoms with Crippen LogP contribution in [0.4, 0.5) is 0 Å². The quantitative estimate of drug-likeness (QED) is 0.865. The van der Waals surface area contributed by atoms with Gasteiger partial charge in [0.15, 0.2) is 0 Å². The maximum Gasteiger partial charge on any atom is 0.0587 e. The summed E-state index contributed by atoms with van der Waals surface area (Å²) < 4.78 is 1.27. The highest BCUT2D eigenvalue weighted by atomic mass is 127. The monoisotopic (exact) mass is 317 g/mol. The van der Waals surface area contributed by atoms with Crippen LogP contribution in [0.5, 0.6) is 0 Å². The van der Waals surface area contributed by atoms with E-state index in [0.29, 0.717) is 12.6 Å². The second-order valence-electron chi connectivity index (χ2n) is 4.08. The number of aliphatic hydroxyl groups excluding tert-OH is 1. The molecule has 1 heterocycles. The zero-order chi connectivity index (χ0) is 10.7. The molecule has 2 nitrogen and oxygen atoms in total. The number of aliphatic hydroxyl groups is 1. The molecule has 1 aromatic rings. The maximum atomic E-state index is 9.22. The van der Waals surface area contributed by atoms with Gasteiger partial charge in [0.25, 0.3) is 0 Å². The lowest BCUT2D eigenvalue weighted by atomic mass is 10.2. The van der Waals surface area contributed by atoms with Gasteiger partial charge in [0.1, 0.15) is 0 Å². The third-order valence-corrected chi connectivity index (χ3v) is 3.73. The van der Waals surface area contributed by atoms with Gasteiger partial charge in [-0.05, 0) is 59.7 Å². The Hall–Kier alpha value is -0.130. The van der Waals surface area contributed by atoms with Crippen molar-refractivity contribution in [3.8, 4) is 0 Å². The average molecular weight is 317 g/mol. The van der Waals surface area contributed by atoms with Crippen molar-refractivity contribution >= 4 is 22.6 Å². The summed E-state index contributed by atoms with van der Waals surface area (Å²) in [6, 6.07) is 9.01. The predicted octanol–water partition coefficient (Wildman–Crippen LogP) is 2.25. The van der Waals surface area contributed by atoms with Gasteiger partial charge in [-0.2, -0.15) is 0 Å². The van der Waals surface area contributed by atoms with Crippen LogP contribution in [0, 0.1) is 3.57 Å². The van der Waals surface area contributed by atoms with E-state index in [2.05, 4.69) is 51.8 Å². The first-order valence-corrected chi connectivity index (χ1v) is 6.47. The van der Waals surface area contributed by atoms with E-state index in [9.17, 15) is 5.11 Å². The van der Waals surface area contributed by atoms with Crippen LogP contribution in [-0.2, 0) is 6.54 Å². The first-order valence-electron chi connectivity index (χ1n) is 5.39. The number of nitrogens with zero attached hydrogens (tertiary/aromatic N) is 1. The lowest BCUT2D eigenvalue weighted by Gasteiger charge is -2.22. The van der Waals surface area contributed by atoms with Crippen LogP contribution in [0.3, 0.4) is 0 Å². The number of halogens is 1. The summed E-state index contributed by atoms with van der Waals surface area (Å²) in [5.74, 6) is 0. The van der Waals surface area contributed by atoms with E-state index in [0.717, 1.165) is 19.5 Å². The Kier molecular flexibility index (Phi) is 3.99. The second-order valence-corrected chi connectivity index (χ2v) is 5.32. The Balaban J connectivity index is 1.99. The van der Waals surface area contributed by atoms with Crippen LogP contribution in [0.25, 0.3) is 0 Å². The van der Waals surface area contributed by atoms with E-state index in [1.807, 2.05) is 0 Å². The summed E-state index contributed by atoms with van der Waals surface area (Å²) in [5, 5.41) is 9.22. The summed E-state index contributed by atoms with van der Waals surface area (Å²) in [6.07, 6.45) is 2.36. The minimum absolute atomic E-state index is 0.296. The maximum absolute atomic E-state index is 9.22. The molecule has 82 valence electrons. The molecule has 15 heavy (non-hydrogen) atoms. The van der Waals surface area contributed by atoms with E-state index in [1.165, 1.54) is 15.6 Å². The molecule has 1 N–H and O–H groups in total. The van der Waals surface area contributed by atoms with Crippen molar-refractivity contribution in [2.45, 2.75) is 25.4 Å². The molecule has 1 fully saturated rings. The van der Waals surface area contributed by atoms with Crippen molar-refractivity contribution in [1.29, 1.82) is 0 Å². The molecule has 0 saturated carbocycles. The number of rotatable bonds is 3. The Bertz CT molecular complexity index is 312. The molecule has 1 aliphatic rings. The van der Waals surface area contributed by atoms with Gasteiger partial charge in [-0.3, -0.25) is 4.90 Å². The smallest absolute Gasteiger partial charge is 0.0587 e. The Morgan fingerprint density at radius 2 is 2.07 bits per heavy atom. The van der Waals surface area contributed by atoms with Crippen molar-refractivity contribution in [2.24, 2.45) is 0 Å². The van der Waals surface area contributed by atoms with Crippen molar-refractivity contribution in [3.05, 3.63) is 33.4 Å². The number of likely N-dealkylation sites (tertiary alicyclic amines) is 1. The Morgan fingerprint density at radius 1 is 1.33 bits per heavy atom. The van der Waals surface area contributed by atoms with Crippen LogP contribution >= 0.6 is 22.6 Å². The zero-order valence-corrected chi connectivity index (χ0v) is 10.9. The van der Waals surface area contributed by atoms with E-state index in [-0.39, 0.29) is 0 Å². The highest BCUT2D eigenvalue weighted by molar-refractivity contribution is 14.1. The molecule has 1 saturated heterocycles. The SMILES string of the molecule is OCC1CCCN1Cc1ccc(I)cc1. The molecule has 0 spiro atoms. The molecule has 0 aliphatic carbocycles. The van der Waals surface area contributed by atoms with E-state index < -0.39 is 0 Å². The molecule has 0 bridgehead atoms. The van der Waals surface area contributed by atoms with Crippen LogP contribution in [-0.4, -0.2) is 29.2 Å². The fraction of sp³-hybridized carbons (Fsp3) is 0.500. The number of hydrogen-bond donors (Lipinski definition) is 1. The summed E-state index contributed by atoms with van der Waals surface area (Å²) in [5.41, 5.74) is 1.34. The molecule has 1 aromatic carbocycles. The van der Waals surface area contributed by atoms with E-state index in [4.69, 9.17) is 0 Å². The predicted molar refractivity (Wildman–Crippen MR) is 69.7 cm³/mol. The molecule has 1 aliphatic heterocycles. The Morgan fingerprint density at radius 3 is 2.73 bits per heavy atom. The van der Waals surface area contributed by atoms with Crippen LogP contribution in [0.2, 0.25) is 0 Å². The fourth-order valence-corrected chi connectivity index (χ4v) is 2.49. The van der Waals surface area contributed by atoms with Gasteiger partial charge < -0.3 is 5.11 Å². The van der Waals surface area contributed by atoms with Gasteiger partial charge in [0, 0.05) is 16.2 Å². The van der Waals surface area contributed by atoms with Crippen LogP contribution in [0.1, 0.15) is 18.4 Å². The topological polar surface area (TPSA) is 23.5 Å². The molecule has 0 amide bonds. The second kappa shape index (κ2) is 5.27. The van der Waals surface area contributed by atoms with Gasteiger partial charge in [-0.25, -0.2) is 0 Å². The van der Waals surface area contributed by atoms with Crippen molar-refractivity contribution in [1.82, 2.24) is 4.90 Å². The van der Waals surface area contributed by atoms with E-state index >= 15 is 0 Å². The molecule has 1 unspecified atom stereocenters. The van der Waals surface area contributed by atoms with Crippen molar-refractivity contribution in [3.63, 3.8) is 0 Å². The minimum atomic E-state index is 0.296. The summed E-state index contributed by atoms with van der Waals surface area (Å²) in [4.78, 5) is 2.38. The summed E-state index contributed by atoms with van der Waals surface area (Å²) >= 11 is 2.32. The van der Waals surface area contributed by atoms with Crippen molar-refractivity contribution < 1.29 is 5.11 Å². The third-order valence-electron chi connectivity index (χ3n) is 3.01. The highest BCUT2D eigenvalue weighted by Gasteiger charge is 2.23. The molecular weight excluding hydrogens is 301 g/mol. The van der Waals surface area contributed by atoms with Gasteiger partial charge >= 0.3 is 0 Å². The van der Waals surface area contributed by atoms with E-state index in [1.54, 1.807) is 0 Å². The normalized spacial score (nSPS) is 22.1. The molecule has 0 aromatic heterocycles. The van der Waals surface area contributed by atoms with Gasteiger partial charge in [-0.15, -0.1) is 0 Å². The van der Waals surface area contributed by atoms with Gasteiger partial charge in [0.2, 0.25) is 0 Å². The Labute approximate surface area is 104 Å². The lowest BCUT2D eigenvalue weighted by molar-refractivity contribution is 0.153. The molecule has 2 rings (SSSR count). The summed E-state index contributed by atoms with van der Waals surface area (Å²) in [6.45, 7) is 2.39.